The first-order chi connectivity index (χ1) is 15.5. The number of carbonyl (C=O) groups excluding carboxylic acids is 2. The van der Waals surface area contributed by atoms with Crippen molar-refractivity contribution in [3.8, 4) is 5.75 Å². The number of nitrogens with zero attached hydrogens (tertiary/aromatic N) is 3. The van der Waals surface area contributed by atoms with Gasteiger partial charge in [0.2, 0.25) is 5.91 Å². The Bertz CT molecular complexity index is 1020. The van der Waals surface area contributed by atoms with E-state index in [2.05, 4.69) is 17.0 Å². The normalized spacial score (nSPS) is 17.9. The van der Waals surface area contributed by atoms with E-state index in [1.54, 1.807) is 6.08 Å². The molecule has 4 rings (SSSR count). The predicted octanol–water partition coefficient (Wildman–Crippen LogP) is 3.64. The van der Waals surface area contributed by atoms with E-state index in [0.29, 0.717) is 28.9 Å². The van der Waals surface area contributed by atoms with E-state index in [9.17, 15) is 9.59 Å². The molecule has 8 heteroatoms. The highest BCUT2D eigenvalue weighted by Gasteiger charge is 2.35. The Hall–Kier alpha value is -2.84. The summed E-state index contributed by atoms with van der Waals surface area (Å²) in [6, 6.07) is 17.7. The summed E-state index contributed by atoms with van der Waals surface area (Å²) in [7, 11) is 0. The molecule has 2 aromatic rings. The molecule has 0 spiro atoms. The summed E-state index contributed by atoms with van der Waals surface area (Å²) >= 11 is 6.63. The summed E-state index contributed by atoms with van der Waals surface area (Å²) in [5, 5.41) is 0. The smallest absolute Gasteiger partial charge is 0.266 e. The topological polar surface area (TPSA) is 53.1 Å². The number of benzene rings is 2. The number of para-hydroxylation sites is 1. The molecule has 2 aromatic carbocycles. The summed E-state index contributed by atoms with van der Waals surface area (Å²) in [4.78, 5) is 31.8. The second-order valence-corrected chi connectivity index (χ2v) is 9.15. The zero-order valence-corrected chi connectivity index (χ0v) is 19.5. The highest BCUT2D eigenvalue weighted by atomic mass is 32.2. The van der Waals surface area contributed by atoms with Crippen LogP contribution in [0.15, 0.2) is 59.5 Å². The van der Waals surface area contributed by atoms with Crippen molar-refractivity contribution in [2.75, 3.05) is 44.2 Å². The van der Waals surface area contributed by atoms with Crippen LogP contribution in [0, 0.1) is 0 Å². The Kier molecular flexibility index (Phi) is 7.12. The Balaban J connectivity index is 1.34. The molecule has 0 aromatic heterocycles. The van der Waals surface area contributed by atoms with Gasteiger partial charge in [-0.15, -0.1) is 0 Å². The lowest BCUT2D eigenvalue weighted by atomic mass is 10.2. The Morgan fingerprint density at radius 1 is 1.06 bits per heavy atom. The number of carbonyl (C=O) groups is 2. The van der Waals surface area contributed by atoms with E-state index in [1.807, 2.05) is 54.3 Å². The molecule has 0 unspecified atom stereocenters. The average Bonchev–Trinajstić information content (AvgIpc) is 3.08. The molecule has 0 aliphatic carbocycles. The molecule has 2 saturated heterocycles. The van der Waals surface area contributed by atoms with E-state index < -0.39 is 0 Å². The lowest BCUT2D eigenvalue weighted by molar-refractivity contribution is -0.135. The minimum Gasteiger partial charge on any atom is -0.494 e. The standard InChI is InChI=1S/C24H25N3O3S2/c1-2-30-20-10-8-18(9-11-20)16-21-23(29)27(24(31)32-21)17-22(28)26-14-12-25(13-15-26)19-6-4-3-5-7-19/h3-11,16H,2,12-15,17H2,1H3. The van der Waals surface area contributed by atoms with Crippen LogP contribution in [-0.4, -0.2) is 65.3 Å². The van der Waals surface area contributed by atoms with Crippen molar-refractivity contribution in [1.29, 1.82) is 0 Å². The van der Waals surface area contributed by atoms with Crippen LogP contribution in [0.25, 0.3) is 6.08 Å². The lowest BCUT2D eigenvalue weighted by Gasteiger charge is -2.36. The highest BCUT2D eigenvalue weighted by Crippen LogP contribution is 2.32. The van der Waals surface area contributed by atoms with Crippen LogP contribution in [0.2, 0.25) is 0 Å². The summed E-state index contributed by atoms with van der Waals surface area (Å²) in [6.07, 6.45) is 1.80. The monoisotopic (exact) mass is 467 g/mol. The van der Waals surface area contributed by atoms with Gasteiger partial charge in [0, 0.05) is 31.9 Å². The number of piperazine rings is 1. The van der Waals surface area contributed by atoms with Gasteiger partial charge in [-0.1, -0.05) is 54.3 Å². The Labute approximate surface area is 197 Å². The molecular formula is C24H25N3O3S2. The minimum absolute atomic E-state index is 0.0172. The largest absolute Gasteiger partial charge is 0.494 e. The van der Waals surface area contributed by atoms with Crippen molar-refractivity contribution in [3.63, 3.8) is 0 Å². The van der Waals surface area contributed by atoms with Crippen molar-refractivity contribution in [3.05, 3.63) is 65.1 Å². The summed E-state index contributed by atoms with van der Waals surface area (Å²) in [5.41, 5.74) is 2.05. The van der Waals surface area contributed by atoms with Gasteiger partial charge in [-0.25, -0.2) is 0 Å². The van der Waals surface area contributed by atoms with Crippen LogP contribution < -0.4 is 9.64 Å². The zero-order chi connectivity index (χ0) is 22.5. The maximum atomic E-state index is 12.9. The molecule has 2 fully saturated rings. The van der Waals surface area contributed by atoms with Gasteiger partial charge >= 0.3 is 0 Å². The van der Waals surface area contributed by atoms with Crippen LogP contribution in [0.5, 0.6) is 5.75 Å². The first-order valence-corrected chi connectivity index (χ1v) is 11.8. The van der Waals surface area contributed by atoms with Crippen molar-refractivity contribution in [1.82, 2.24) is 9.80 Å². The number of hydrogen-bond donors (Lipinski definition) is 0. The third-order valence-electron chi connectivity index (χ3n) is 5.41. The molecular weight excluding hydrogens is 442 g/mol. The fraction of sp³-hybridized carbons (Fsp3) is 0.292. The van der Waals surface area contributed by atoms with Crippen molar-refractivity contribution in [2.45, 2.75) is 6.92 Å². The molecule has 0 radical (unpaired) electrons. The molecule has 2 heterocycles. The summed E-state index contributed by atoms with van der Waals surface area (Å²) in [6.45, 7) is 5.32. The van der Waals surface area contributed by atoms with E-state index >= 15 is 0 Å². The molecule has 2 amide bonds. The molecule has 2 aliphatic rings. The number of amides is 2. The first kappa shape index (κ1) is 22.4. The second kappa shape index (κ2) is 10.2. The Morgan fingerprint density at radius 2 is 1.75 bits per heavy atom. The SMILES string of the molecule is CCOc1ccc(C=C2SC(=S)N(CC(=O)N3CCN(c4ccccc4)CC3)C2=O)cc1. The Morgan fingerprint density at radius 3 is 2.41 bits per heavy atom. The van der Waals surface area contributed by atoms with E-state index in [4.69, 9.17) is 17.0 Å². The molecule has 0 bridgehead atoms. The predicted molar refractivity (Wildman–Crippen MR) is 133 cm³/mol. The van der Waals surface area contributed by atoms with Crippen molar-refractivity contribution >= 4 is 51.9 Å². The van der Waals surface area contributed by atoms with E-state index in [0.717, 1.165) is 30.1 Å². The van der Waals surface area contributed by atoms with Crippen LogP contribution in [0.4, 0.5) is 5.69 Å². The van der Waals surface area contributed by atoms with Gasteiger partial charge in [-0.05, 0) is 42.8 Å². The van der Waals surface area contributed by atoms with Crippen molar-refractivity contribution < 1.29 is 14.3 Å². The zero-order valence-electron chi connectivity index (χ0n) is 17.9. The van der Waals surface area contributed by atoms with Gasteiger partial charge < -0.3 is 14.5 Å². The fourth-order valence-corrected chi connectivity index (χ4v) is 4.96. The molecule has 166 valence electrons. The van der Waals surface area contributed by atoms with Gasteiger partial charge in [-0.2, -0.15) is 0 Å². The number of hydrogen-bond acceptors (Lipinski definition) is 6. The highest BCUT2D eigenvalue weighted by molar-refractivity contribution is 8.26. The summed E-state index contributed by atoms with van der Waals surface area (Å²) in [5.74, 6) is 0.497. The van der Waals surface area contributed by atoms with Crippen LogP contribution >= 0.6 is 24.0 Å². The molecule has 6 nitrogen and oxygen atoms in total. The molecule has 0 saturated carbocycles. The molecule has 0 N–H and O–H groups in total. The van der Waals surface area contributed by atoms with Crippen LogP contribution in [0.3, 0.4) is 0 Å². The third kappa shape index (κ3) is 5.14. The number of thiocarbonyl (C=S) groups is 1. The van der Waals surface area contributed by atoms with E-state index in [1.165, 1.54) is 16.7 Å². The number of thioether (sulfide) groups is 1. The van der Waals surface area contributed by atoms with Crippen LogP contribution in [0.1, 0.15) is 12.5 Å². The maximum absolute atomic E-state index is 12.9. The third-order valence-corrected chi connectivity index (χ3v) is 6.79. The van der Waals surface area contributed by atoms with Gasteiger partial charge in [0.05, 0.1) is 11.5 Å². The quantitative estimate of drug-likeness (QED) is 0.478. The fourth-order valence-electron chi connectivity index (χ4n) is 3.70. The van der Waals surface area contributed by atoms with E-state index in [-0.39, 0.29) is 18.4 Å². The molecule has 0 atom stereocenters. The second-order valence-electron chi connectivity index (χ2n) is 7.47. The number of anilines is 1. The number of ether oxygens (including phenoxy) is 1. The minimum atomic E-state index is -0.217. The molecule has 32 heavy (non-hydrogen) atoms. The van der Waals surface area contributed by atoms with Gasteiger partial charge in [0.15, 0.2) is 0 Å². The van der Waals surface area contributed by atoms with Gasteiger partial charge in [0.1, 0.15) is 16.6 Å². The number of rotatable bonds is 6. The first-order valence-electron chi connectivity index (χ1n) is 10.6. The van der Waals surface area contributed by atoms with Gasteiger partial charge in [0.25, 0.3) is 5.91 Å². The average molecular weight is 468 g/mol. The molecule has 2 aliphatic heterocycles. The maximum Gasteiger partial charge on any atom is 0.266 e. The lowest BCUT2D eigenvalue weighted by Crippen LogP contribution is -2.51. The van der Waals surface area contributed by atoms with Gasteiger partial charge in [-0.3, -0.25) is 14.5 Å². The van der Waals surface area contributed by atoms with Crippen molar-refractivity contribution in [2.24, 2.45) is 0 Å². The summed E-state index contributed by atoms with van der Waals surface area (Å²) < 4.78 is 5.87. The van der Waals surface area contributed by atoms with Crippen LogP contribution in [-0.2, 0) is 9.59 Å².